The van der Waals surface area contributed by atoms with Gasteiger partial charge in [0.1, 0.15) is 5.82 Å². The second-order valence-electron chi connectivity index (χ2n) is 4.74. The van der Waals surface area contributed by atoms with Crippen LogP contribution in [0, 0.1) is 12.7 Å². The summed E-state index contributed by atoms with van der Waals surface area (Å²) >= 11 is 0. The maximum atomic E-state index is 13.3. The summed E-state index contributed by atoms with van der Waals surface area (Å²) in [5, 5.41) is 3.30. The van der Waals surface area contributed by atoms with Crippen LogP contribution in [-0.4, -0.2) is 12.0 Å². The lowest BCUT2D eigenvalue weighted by Gasteiger charge is -2.17. The van der Waals surface area contributed by atoms with E-state index in [0.29, 0.717) is 5.56 Å². The third-order valence-corrected chi connectivity index (χ3v) is 3.40. The molecule has 1 atom stereocenters. The van der Waals surface area contributed by atoms with Crippen LogP contribution in [0.25, 0.3) is 0 Å². The van der Waals surface area contributed by atoms with Gasteiger partial charge >= 0.3 is 0 Å². The summed E-state index contributed by atoms with van der Waals surface area (Å²) in [5.41, 5.74) is 3.10. The molecular formula is C16H19FN2. The van der Waals surface area contributed by atoms with E-state index in [1.807, 2.05) is 43.7 Å². The minimum Gasteiger partial charge on any atom is -0.313 e. The molecule has 0 aliphatic heterocycles. The van der Waals surface area contributed by atoms with Crippen molar-refractivity contribution in [2.24, 2.45) is 0 Å². The third kappa shape index (κ3) is 3.61. The van der Waals surface area contributed by atoms with Crippen LogP contribution in [0.3, 0.4) is 0 Å². The van der Waals surface area contributed by atoms with Gasteiger partial charge in [-0.05, 0) is 61.7 Å². The molecule has 19 heavy (non-hydrogen) atoms. The second kappa shape index (κ2) is 6.43. The lowest BCUT2D eigenvalue weighted by molar-refractivity contribution is 0.545. The fraction of sp³-hybridized carbons (Fsp3) is 0.312. The Morgan fingerprint density at radius 2 is 1.95 bits per heavy atom. The van der Waals surface area contributed by atoms with Gasteiger partial charge in [0.15, 0.2) is 0 Å². The maximum Gasteiger partial charge on any atom is 0.126 e. The molecule has 2 aromatic rings. The monoisotopic (exact) mass is 258 g/mol. The highest BCUT2D eigenvalue weighted by Crippen LogP contribution is 2.21. The van der Waals surface area contributed by atoms with Crippen molar-refractivity contribution in [3.63, 3.8) is 0 Å². The molecule has 0 radical (unpaired) electrons. The zero-order valence-electron chi connectivity index (χ0n) is 11.4. The largest absolute Gasteiger partial charge is 0.313 e. The Labute approximate surface area is 113 Å². The summed E-state index contributed by atoms with van der Waals surface area (Å²) in [6, 6.07) is 9.62. The number of nitrogens with one attached hydrogen (secondary N) is 1. The van der Waals surface area contributed by atoms with Gasteiger partial charge in [0.25, 0.3) is 0 Å². The van der Waals surface area contributed by atoms with E-state index >= 15 is 0 Å². The van der Waals surface area contributed by atoms with Crippen molar-refractivity contribution in [2.45, 2.75) is 25.8 Å². The number of aryl methyl sites for hydroxylation is 2. The van der Waals surface area contributed by atoms with E-state index < -0.39 is 0 Å². The quantitative estimate of drug-likeness (QED) is 0.888. The summed E-state index contributed by atoms with van der Waals surface area (Å²) in [6.07, 6.45) is 5.58. The maximum absolute atomic E-state index is 13.3. The fourth-order valence-electron chi connectivity index (χ4n) is 2.22. The molecule has 0 fully saturated rings. The van der Waals surface area contributed by atoms with Crippen LogP contribution in [-0.2, 0) is 6.42 Å². The highest BCUT2D eigenvalue weighted by atomic mass is 19.1. The molecule has 1 heterocycles. The Hall–Kier alpha value is -1.74. The first-order valence-electron chi connectivity index (χ1n) is 6.53. The lowest BCUT2D eigenvalue weighted by Crippen LogP contribution is -2.17. The van der Waals surface area contributed by atoms with Crippen molar-refractivity contribution < 1.29 is 4.39 Å². The van der Waals surface area contributed by atoms with Crippen LogP contribution in [0.4, 0.5) is 4.39 Å². The number of rotatable bonds is 5. The number of benzene rings is 1. The topological polar surface area (TPSA) is 24.9 Å². The first-order chi connectivity index (χ1) is 9.20. The average Bonchev–Trinajstić information content (AvgIpc) is 2.44. The van der Waals surface area contributed by atoms with Crippen LogP contribution >= 0.6 is 0 Å². The van der Waals surface area contributed by atoms with E-state index in [4.69, 9.17) is 0 Å². The van der Waals surface area contributed by atoms with E-state index in [2.05, 4.69) is 10.3 Å². The van der Waals surface area contributed by atoms with Crippen molar-refractivity contribution >= 4 is 0 Å². The summed E-state index contributed by atoms with van der Waals surface area (Å²) in [4.78, 5) is 4.01. The molecule has 1 aromatic heterocycles. The van der Waals surface area contributed by atoms with Crippen molar-refractivity contribution in [1.29, 1.82) is 0 Å². The Morgan fingerprint density at radius 3 is 2.58 bits per heavy atom. The molecule has 0 amide bonds. The Morgan fingerprint density at radius 1 is 1.21 bits per heavy atom. The van der Waals surface area contributed by atoms with Crippen LogP contribution in [0.1, 0.15) is 29.2 Å². The zero-order chi connectivity index (χ0) is 13.7. The number of hydrogen-bond acceptors (Lipinski definition) is 2. The van der Waals surface area contributed by atoms with Gasteiger partial charge in [0.2, 0.25) is 0 Å². The third-order valence-electron chi connectivity index (χ3n) is 3.40. The van der Waals surface area contributed by atoms with Gasteiger partial charge < -0.3 is 5.32 Å². The smallest absolute Gasteiger partial charge is 0.126 e. The Kier molecular flexibility index (Phi) is 4.63. The molecule has 0 saturated heterocycles. The van der Waals surface area contributed by atoms with Crippen LogP contribution < -0.4 is 5.32 Å². The molecule has 0 bridgehead atoms. The van der Waals surface area contributed by atoms with Crippen LogP contribution in [0.15, 0.2) is 42.7 Å². The number of aromatic nitrogens is 1. The highest BCUT2D eigenvalue weighted by Gasteiger charge is 2.10. The Bertz CT molecular complexity index is 526. The molecule has 0 spiro atoms. The van der Waals surface area contributed by atoms with E-state index in [9.17, 15) is 4.39 Å². The first kappa shape index (κ1) is 13.7. The minimum atomic E-state index is -0.146. The predicted molar refractivity (Wildman–Crippen MR) is 75.5 cm³/mol. The molecule has 2 nitrogen and oxygen atoms in total. The molecule has 1 aromatic carbocycles. The molecule has 1 unspecified atom stereocenters. The Balaban J connectivity index is 2.05. The van der Waals surface area contributed by atoms with E-state index in [1.165, 1.54) is 5.56 Å². The number of pyridine rings is 1. The normalized spacial score (nSPS) is 12.4. The first-order valence-corrected chi connectivity index (χ1v) is 6.53. The summed E-state index contributed by atoms with van der Waals surface area (Å²) in [6.45, 7) is 1.80. The summed E-state index contributed by atoms with van der Waals surface area (Å²) in [7, 11) is 1.94. The molecule has 0 saturated carbocycles. The zero-order valence-corrected chi connectivity index (χ0v) is 11.4. The van der Waals surface area contributed by atoms with E-state index in [0.717, 1.165) is 18.4 Å². The fourth-order valence-corrected chi connectivity index (χ4v) is 2.22. The highest BCUT2D eigenvalue weighted by molar-refractivity contribution is 5.26. The molecule has 3 heteroatoms. The van der Waals surface area contributed by atoms with E-state index in [1.54, 1.807) is 13.0 Å². The second-order valence-corrected chi connectivity index (χ2v) is 4.74. The molecule has 0 aliphatic carbocycles. The van der Waals surface area contributed by atoms with Crippen molar-refractivity contribution in [3.05, 3.63) is 65.2 Å². The lowest BCUT2D eigenvalue weighted by atomic mass is 9.98. The van der Waals surface area contributed by atoms with Crippen LogP contribution in [0.2, 0.25) is 0 Å². The van der Waals surface area contributed by atoms with Gasteiger partial charge in [-0.2, -0.15) is 0 Å². The molecule has 0 aliphatic rings. The summed E-state index contributed by atoms with van der Waals surface area (Å²) in [5.74, 6) is -0.146. The standard InChI is InChI=1S/C16H19FN2/c1-12-11-14(4-5-15(12)17)16(18-2)6-3-13-7-9-19-10-8-13/h4-5,7-11,16,18H,3,6H2,1-2H3. The van der Waals surface area contributed by atoms with Crippen molar-refractivity contribution in [1.82, 2.24) is 10.3 Å². The van der Waals surface area contributed by atoms with Crippen molar-refractivity contribution in [3.8, 4) is 0 Å². The molecular weight excluding hydrogens is 239 g/mol. The van der Waals surface area contributed by atoms with Gasteiger partial charge in [0.05, 0.1) is 0 Å². The predicted octanol–water partition coefficient (Wildman–Crippen LogP) is 3.42. The van der Waals surface area contributed by atoms with Gasteiger partial charge in [-0.25, -0.2) is 4.39 Å². The SMILES string of the molecule is CNC(CCc1ccncc1)c1ccc(F)c(C)c1. The van der Waals surface area contributed by atoms with Gasteiger partial charge in [-0.3, -0.25) is 4.98 Å². The number of hydrogen-bond donors (Lipinski definition) is 1. The van der Waals surface area contributed by atoms with Gasteiger partial charge in [-0.15, -0.1) is 0 Å². The van der Waals surface area contributed by atoms with Crippen LogP contribution in [0.5, 0.6) is 0 Å². The molecule has 100 valence electrons. The molecule has 1 N–H and O–H groups in total. The average molecular weight is 258 g/mol. The van der Waals surface area contributed by atoms with Gasteiger partial charge in [-0.1, -0.05) is 12.1 Å². The summed E-state index contributed by atoms with van der Waals surface area (Å²) < 4.78 is 13.3. The number of nitrogens with zero attached hydrogens (tertiary/aromatic N) is 1. The number of halogens is 1. The van der Waals surface area contributed by atoms with Gasteiger partial charge in [0, 0.05) is 18.4 Å². The van der Waals surface area contributed by atoms with E-state index in [-0.39, 0.29) is 11.9 Å². The minimum absolute atomic E-state index is 0.146. The van der Waals surface area contributed by atoms with Crippen molar-refractivity contribution in [2.75, 3.05) is 7.05 Å². The molecule has 2 rings (SSSR count).